The molecule has 2 aromatic rings. The Bertz CT molecular complexity index is 1160. The van der Waals surface area contributed by atoms with Crippen molar-refractivity contribution in [1.29, 1.82) is 0 Å². The molecule has 1 aliphatic carbocycles. The van der Waals surface area contributed by atoms with Crippen LogP contribution in [0.4, 0.5) is 10.5 Å². The summed E-state index contributed by atoms with van der Waals surface area (Å²) < 4.78 is 6.48. The smallest absolute Gasteiger partial charge is 0.317 e. The zero-order valence-corrected chi connectivity index (χ0v) is 22.8. The lowest BCUT2D eigenvalue weighted by molar-refractivity contribution is 0.0367. The number of para-hydroxylation sites is 1. The van der Waals surface area contributed by atoms with Crippen LogP contribution in [0.3, 0.4) is 0 Å². The highest BCUT2D eigenvalue weighted by molar-refractivity contribution is 6.06. The molecule has 2 heterocycles. The van der Waals surface area contributed by atoms with E-state index in [0.717, 1.165) is 25.7 Å². The van der Waals surface area contributed by atoms with Crippen molar-refractivity contribution in [3.05, 3.63) is 48.0 Å². The quantitative estimate of drug-likeness (QED) is 0.493. The van der Waals surface area contributed by atoms with Crippen LogP contribution in [-0.4, -0.2) is 87.7 Å². The molecule has 0 bridgehead atoms. The number of anilines is 1. The molecule has 1 aliphatic heterocycles. The number of rotatable bonds is 7. The Kier molecular flexibility index (Phi) is 9.34. The van der Waals surface area contributed by atoms with E-state index in [-0.39, 0.29) is 54.1 Å². The van der Waals surface area contributed by atoms with Crippen LogP contribution < -0.4 is 15.4 Å². The minimum absolute atomic E-state index is 0.117. The fourth-order valence-electron chi connectivity index (χ4n) is 5.05. The number of ether oxygens (including phenoxy) is 1. The molecule has 1 aromatic heterocycles. The molecule has 210 valence electrons. The van der Waals surface area contributed by atoms with Gasteiger partial charge in [-0.2, -0.15) is 0 Å². The second-order valence-corrected chi connectivity index (χ2v) is 10.5. The largest absolute Gasteiger partial charge is 0.485 e. The maximum absolute atomic E-state index is 13.6. The van der Waals surface area contributed by atoms with Crippen molar-refractivity contribution in [3.8, 4) is 5.75 Å². The number of aliphatic hydroxyl groups excluding tert-OH is 1. The monoisotopic (exact) mass is 538 g/mol. The van der Waals surface area contributed by atoms with Crippen LogP contribution >= 0.6 is 0 Å². The number of likely N-dealkylation sites (N-methyl/N-ethyl adjacent to an activating group) is 1. The Labute approximate surface area is 228 Å². The standard InChI is InChI=1S/C28H38N6O5/c1-18-15-34(19(2)17-35)27(37)21-10-7-11-22(32-26(36)23-14-29-12-13-30-23)25(21)39-24(18)16-33(3)28(38)31-20-8-5-4-6-9-20/h7,10-14,18-20,24,35H,4-6,8-9,15-17H2,1-3H3,(H,31,38)(H,32,36)/t18-,19+,24+/m0/s1. The summed E-state index contributed by atoms with van der Waals surface area (Å²) in [5, 5.41) is 15.8. The summed E-state index contributed by atoms with van der Waals surface area (Å²) in [5.41, 5.74) is 0.687. The molecule has 39 heavy (non-hydrogen) atoms. The van der Waals surface area contributed by atoms with Gasteiger partial charge in [-0.15, -0.1) is 0 Å². The van der Waals surface area contributed by atoms with E-state index in [2.05, 4.69) is 20.6 Å². The molecule has 4 amide bonds. The zero-order valence-electron chi connectivity index (χ0n) is 22.8. The summed E-state index contributed by atoms with van der Waals surface area (Å²) in [6, 6.07) is 4.53. The molecule has 4 rings (SSSR count). The SMILES string of the molecule is C[C@H](CO)N1C[C@H](C)[C@@H](CN(C)C(=O)NC2CCCCC2)Oc2c(NC(=O)c3cnccn3)cccc2C1=O. The first-order chi connectivity index (χ1) is 18.8. The summed E-state index contributed by atoms with van der Waals surface area (Å²) in [7, 11) is 1.73. The number of benzene rings is 1. The van der Waals surface area contributed by atoms with Crippen LogP contribution in [0.5, 0.6) is 5.75 Å². The fourth-order valence-corrected chi connectivity index (χ4v) is 5.05. The second-order valence-electron chi connectivity index (χ2n) is 10.5. The molecule has 0 spiro atoms. The van der Waals surface area contributed by atoms with E-state index in [0.29, 0.717) is 12.2 Å². The van der Waals surface area contributed by atoms with Gasteiger partial charge in [-0.1, -0.05) is 32.3 Å². The molecule has 1 saturated carbocycles. The number of hydrogen-bond donors (Lipinski definition) is 3. The number of urea groups is 1. The van der Waals surface area contributed by atoms with Crippen LogP contribution in [0.1, 0.15) is 66.8 Å². The van der Waals surface area contributed by atoms with Crippen molar-refractivity contribution < 1.29 is 24.2 Å². The summed E-state index contributed by atoms with van der Waals surface area (Å²) in [4.78, 5) is 50.8. The number of amides is 4. The third-order valence-electron chi connectivity index (χ3n) is 7.47. The molecule has 1 fully saturated rings. The third-order valence-corrected chi connectivity index (χ3v) is 7.47. The van der Waals surface area contributed by atoms with Gasteiger partial charge in [0.05, 0.1) is 36.6 Å². The van der Waals surface area contributed by atoms with E-state index in [1.165, 1.54) is 25.0 Å². The molecule has 11 heteroatoms. The minimum atomic E-state index is -0.498. The Hall–Kier alpha value is -3.73. The molecular formula is C28H38N6O5. The lowest BCUT2D eigenvalue weighted by atomic mass is 9.96. The number of hydrogen-bond acceptors (Lipinski definition) is 7. The van der Waals surface area contributed by atoms with Crippen LogP contribution in [0.15, 0.2) is 36.8 Å². The minimum Gasteiger partial charge on any atom is -0.485 e. The molecule has 1 aromatic carbocycles. The normalized spacial score (nSPS) is 20.6. The molecule has 2 aliphatic rings. The van der Waals surface area contributed by atoms with Gasteiger partial charge in [0.25, 0.3) is 11.8 Å². The van der Waals surface area contributed by atoms with E-state index in [1.54, 1.807) is 42.0 Å². The van der Waals surface area contributed by atoms with Gasteiger partial charge >= 0.3 is 6.03 Å². The topological polar surface area (TPSA) is 137 Å². The van der Waals surface area contributed by atoms with Crippen LogP contribution in [0.2, 0.25) is 0 Å². The van der Waals surface area contributed by atoms with Crippen LogP contribution in [-0.2, 0) is 0 Å². The second kappa shape index (κ2) is 12.9. The third kappa shape index (κ3) is 6.83. The lowest BCUT2D eigenvalue weighted by Gasteiger charge is -2.38. The summed E-state index contributed by atoms with van der Waals surface area (Å²) in [6.07, 6.45) is 9.14. The molecule has 3 atom stereocenters. The number of fused-ring (bicyclic) bond motifs is 1. The molecule has 3 N–H and O–H groups in total. The van der Waals surface area contributed by atoms with E-state index in [9.17, 15) is 19.5 Å². The Morgan fingerprint density at radius 2 is 2.00 bits per heavy atom. The van der Waals surface area contributed by atoms with Crippen molar-refractivity contribution in [2.45, 2.75) is 64.1 Å². The summed E-state index contributed by atoms with van der Waals surface area (Å²) >= 11 is 0. The number of carbonyl (C=O) groups is 3. The van der Waals surface area contributed by atoms with Crippen molar-refractivity contribution >= 4 is 23.5 Å². The molecule has 0 unspecified atom stereocenters. The average molecular weight is 539 g/mol. The van der Waals surface area contributed by atoms with Gasteiger partial charge in [0.15, 0.2) is 5.75 Å². The molecule has 0 saturated heterocycles. The Balaban J connectivity index is 1.62. The first-order valence-corrected chi connectivity index (χ1v) is 13.6. The lowest BCUT2D eigenvalue weighted by Crippen LogP contribution is -2.52. The summed E-state index contributed by atoms with van der Waals surface area (Å²) in [5.74, 6) is -0.781. The summed E-state index contributed by atoms with van der Waals surface area (Å²) in [6.45, 7) is 4.13. The van der Waals surface area contributed by atoms with Gasteiger partial charge < -0.3 is 30.3 Å². The van der Waals surface area contributed by atoms with Gasteiger partial charge in [0, 0.05) is 37.9 Å². The zero-order chi connectivity index (χ0) is 27.9. The first kappa shape index (κ1) is 28.3. The van der Waals surface area contributed by atoms with Crippen molar-refractivity contribution in [2.75, 3.05) is 32.1 Å². The molecule has 11 nitrogen and oxygen atoms in total. The molecular weight excluding hydrogens is 500 g/mol. The predicted octanol–water partition coefficient (Wildman–Crippen LogP) is 2.92. The average Bonchev–Trinajstić information content (AvgIpc) is 2.95. The maximum Gasteiger partial charge on any atom is 0.317 e. The fraction of sp³-hybridized carbons (Fsp3) is 0.536. The highest BCUT2D eigenvalue weighted by Gasteiger charge is 2.35. The van der Waals surface area contributed by atoms with Crippen molar-refractivity contribution in [2.24, 2.45) is 5.92 Å². The number of aromatic nitrogens is 2. The van der Waals surface area contributed by atoms with Crippen molar-refractivity contribution in [3.63, 3.8) is 0 Å². The number of carbonyl (C=O) groups excluding carboxylic acids is 3. The highest BCUT2D eigenvalue weighted by atomic mass is 16.5. The van der Waals surface area contributed by atoms with E-state index >= 15 is 0 Å². The Morgan fingerprint density at radius 3 is 2.69 bits per heavy atom. The van der Waals surface area contributed by atoms with Gasteiger partial charge in [-0.25, -0.2) is 9.78 Å². The number of aliphatic hydroxyl groups is 1. The number of nitrogens with one attached hydrogen (secondary N) is 2. The maximum atomic E-state index is 13.6. The Morgan fingerprint density at radius 1 is 1.23 bits per heavy atom. The van der Waals surface area contributed by atoms with Gasteiger partial charge in [-0.3, -0.25) is 14.6 Å². The van der Waals surface area contributed by atoms with Gasteiger partial charge in [0.1, 0.15) is 11.8 Å². The van der Waals surface area contributed by atoms with Crippen LogP contribution in [0, 0.1) is 5.92 Å². The van der Waals surface area contributed by atoms with E-state index in [4.69, 9.17) is 4.74 Å². The van der Waals surface area contributed by atoms with E-state index in [1.807, 2.05) is 6.92 Å². The van der Waals surface area contributed by atoms with Crippen molar-refractivity contribution in [1.82, 2.24) is 25.1 Å². The first-order valence-electron chi connectivity index (χ1n) is 13.6. The van der Waals surface area contributed by atoms with Gasteiger partial charge in [0.2, 0.25) is 0 Å². The highest BCUT2D eigenvalue weighted by Crippen LogP contribution is 2.35. The van der Waals surface area contributed by atoms with E-state index < -0.39 is 18.1 Å². The van der Waals surface area contributed by atoms with Crippen LogP contribution in [0.25, 0.3) is 0 Å². The number of nitrogens with zero attached hydrogens (tertiary/aromatic N) is 4. The van der Waals surface area contributed by atoms with Gasteiger partial charge in [-0.05, 0) is 31.9 Å². The molecule has 0 radical (unpaired) electrons. The predicted molar refractivity (Wildman–Crippen MR) is 146 cm³/mol.